The fourth-order valence-corrected chi connectivity index (χ4v) is 3.77. The number of aliphatic imine (C=N–C) groups is 1. The lowest BCUT2D eigenvalue weighted by Gasteiger charge is -2.16. The fraction of sp³-hybridized carbons (Fsp3) is 0.476. The zero-order chi connectivity index (χ0) is 22.1. The Labute approximate surface area is 181 Å². The van der Waals surface area contributed by atoms with Gasteiger partial charge in [-0.05, 0) is 44.9 Å². The van der Waals surface area contributed by atoms with Crippen molar-refractivity contribution in [3.63, 3.8) is 0 Å². The van der Waals surface area contributed by atoms with E-state index < -0.39 is 0 Å². The largest absolute Gasteiger partial charge is 0.493 e. The molecule has 0 radical (unpaired) electrons. The molecule has 164 valence electrons. The minimum absolute atomic E-state index is 0.107. The van der Waals surface area contributed by atoms with E-state index in [-0.39, 0.29) is 12.0 Å². The van der Waals surface area contributed by atoms with Gasteiger partial charge >= 0.3 is 5.97 Å². The van der Waals surface area contributed by atoms with Crippen molar-refractivity contribution < 1.29 is 19.0 Å². The fourth-order valence-electron chi connectivity index (χ4n) is 2.81. The van der Waals surface area contributed by atoms with E-state index in [1.807, 2.05) is 32.0 Å². The summed E-state index contributed by atoms with van der Waals surface area (Å²) < 4.78 is 15.7. The van der Waals surface area contributed by atoms with E-state index in [1.54, 1.807) is 28.2 Å². The van der Waals surface area contributed by atoms with Crippen LogP contribution in [0.15, 0.2) is 23.2 Å². The summed E-state index contributed by atoms with van der Waals surface area (Å²) in [5.41, 5.74) is 1.80. The van der Waals surface area contributed by atoms with Crippen molar-refractivity contribution in [3.05, 3.63) is 39.3 Å². The average Bonchev–Trinajstić information content (AvgIpc) is 3.14. The summed E-state index contributed by atoms with van der Waals surface area (Å²) in [7, 11) is 4.96. The Bertz CT molecular complexity index is 882. The SMILES string of the molecule is CCOC(=O)c1sc(C(C)NC(=NC)NCCc2ccc(OC)c(OC)c2)nc1C. The first-order valence-electron chi connectivity index (χ1n) is 9.75. The third-order valence-corrected chi connectivity index (χ3v) is 5.70. The van der Waals surface area contributed by atoms with Crippen molar-refractivity contribution in [2.24, 2.45) is 4.99 Å². The Balaban J connectivity index is 1.93. The molecule has 0 aliphatic rings. The molecule has 2 N–H and O–H groups in total. The Morgan fingerprint density at radius 1 is 1.27 bits per heavy atom. The van der Waals surface area contributed by atoms with Gasteiger partial charge in [-0.25, -0.2) is 9.78 Å². The molecule has 1 heterocycles. The van der Waals surface area contributed by atoms with E-state index in [1.165, 1.54) is 11.3 Å². The molecule has 8 nitrogen and oxygen atoms in total. The van der Waals surface area contributed by atoms with Gasteiger partial charge in [0, 0.05) is 13.6 Å². The number of hydrogen-bond donors (Lipinski definition) is 2. The van der Waals surface area contributed by atoms with E-state index >= 15 is 0 Å². The van der Waals surface area contributed by atoms with Crippen LogP contribution in [-0.2, 0) is 11.2 Å². The van der Waals surface area contributed by atoms with Crippen LogP contribution in [0.25, 0.3) is 0 Å². The van der Waals surface area contributed by atoms with Gasteiger partial charge in [0.1, 0.15) is 9.88 Å². The molecule has 0 aliphatic carbocycles. The lowest BCUT2D eigenvalue weighted by molar-refractivity contribution is 0.0531. The van der Waals surface area contributed by atoms with Crippen LogP contribution < -0.4 is 20.1 Å². The Kier molecular flexibility index (Phi) is 8.91. The smallest absolute Gasteiger partial charge is 0.350 e. The minimum Gasteiger partial charge on any atom is -0.493 e. The average molecular weight is 435 g/mol. The van der Waals surface area contributed by atoms with Crippen molar-refractivity contribution in [1.82, 2.24) is 15.6 Å². The summed E-state index contributed by atoms with van der Waals surface area (Å²) in [5, 5.41) is 7.42. The predicted octanol–water partition coefficient (Wildman–Crippen LogP) is 3.11. The molecule has 0 amide bonds. The van der Waals surface area contributed by atoms with E-state index in [4.69, 9.17) is 14.2 Å². The molecule has 0 saturated carbocycles. The number of carbonyl (C=O) groups excluding carboxylic acids is 1. The number of thiazole rings is 1. The second-order valence-corrected chi connectivity index (χ2v) is 7.52. The van der Waals surface area contributed by atoms with Gasteiger partial charge in [-0.2, -0.15) is 0 Å². The molecular weight excluding hydrogens is 404 g/mol. The predicted molar refractivity (Wildman–Crippen MR) is 119 cm³/mol. The van der Waals surface area contributed by atoms with E-state index in [0.29, 0.717) is 41.2 Å². The number of methoxy groups -OCH3 is 2. The molecule has 2 rings (SSSR count). The van der Waals surface area contributed by atoms with Crippen LogP contribution in [0.4, 0.5) is 0 Å². The van der Waals surface area contributed by atoms with Gasteiger partial charge in [-0.1, -0.05) is 6.07 Å². The summed E-state index contributed by atoms with van der Waals surface area (Å²) in [6, 6.07) is 5.77. The highest BCUT2D eigenvalue weighted by molar-refractivity contribution is 7.13. The normalized spacial score (nSPS) is 12.3. The van der Waals surface area contributed by atoms with Crippen LogP contribution >= 0.6 is 11.3 Å². The van der Waals surface area contributed by atoms with Crippen molar-refractivity contribution in [1.29, 1.82) is 0 Å². The summed E-state index contributed by atoms with van der Waals surface area (Å²) >= 11 is 1.34. The van der Waals surface area contributed by atoms with Gasteiger partial charge in [-0.3, -0.25) is 4.99 Å². The molecule has 1 atom stereocenters. The highest BCUT2D eigenvalue weighted by Gasteiger charge is 2.20. The number of guanidine groups is 1. The highest BCUT2D eigenvalue weighted by atomic mass is 32.1. The molecule has 0 aliphatic heterocycles. The Morgan fingerprint density at radius 2 is 2.00 bits per heavy atom. The number of carbonyl (C=O) groups is 1. The Hall–Kier alpha value is -2.81. The third-order valence-electron chi connectivity index (χ3n) is 4.38. The zero-order valence-electron chi connectivity index (χ0n) is 18.4. The maximum Gasteiger partial charge on any atom is 0.350 e. The Morgan fingerprint density at radius 3 is 2.63 bits per heavy atom. The van der Waals surface area contributed by atoms with E-state index in [9.17, 15) is 4.79 Å². The molecular formula is C21H30N4O4S. The van der Waals surface area contributed by atoms with Crippen molar-refractivity contribution in [2.75, 3.05) is 34.4 Å². The van der Waals surface area contributed by atoms with Crippen molar-refractivity contribution in [3.8, 4) is 11.5 Å². The molecule has 1 unspecified atom stereocenters. The number of nitrogens with one attached hydrogen (secondary N) is 2. The van der Waals surface area contributed by atoms with Crippen molar-refractivity contribution >= 4 is 23.3 Å². The van der Waals surface area contributed by atoms with Gasteiger partial charge in [0.15, 0.2) is 17.5 Å². The molecule has 9 heteroatoms. The zero-order valence-corrected chi connectivity index (χ0v) is 19.2. The number of aryl methyl sites for hydroxylation is 1. The quantitative estimate of drug-likeness (QED) is 0.356. The van der Waals surface area contributed by atoms with Crippen LogP contribution in [0.5, 0.6) is 11.5 Å². The second-order valence-electron chi connectivity index (χ2n) is 6.49. The van der Waals surface area contributed by atoms with Gasteiger partial charge in [0.25, 0.3) is 0 Å². The van der Waals surface area contributed by atoms with Gasteiger partial charge in [0.05, 0.1) is 32.6 Å². The third kappa shape index (κ3) is 6.09. The number of benzene rings is 1. The van der Waals surface area contributed by atoms with Crippen LogP contribution in [-0.4, -0.2) is 51.3 Å². The van der Waals surface area contributed by atoms with Crippen LogP contribution in [0.2, 0.25) is 0 Å². The topological polar surface area (TPSA) is 94.1 Å². The summed E-state index contributed by atoms with van der Waals surface area (Å²) in [6.45, 7) is 6.61. The first-order valence-corrected chi connectivity index (χ1v) is 10.6. The molecule has 0 spiro atoms. The maximum atomic E-state index is 12.0. The lowest BCUT2D eigenvalue weighted by Crippen LogP contribution is -2.39. The van der Waals surface area contributed by atoms with Gasteiger partial charge < -0.3 is 24.8 Å². The highest BCUT2D eigenvalue weighted by Crippen LogP contribution is 2.27. The number of nitrogens with zero attached hydrogens (tertiary/aromatic N) is 2. The molecule has 0 fully saturated rings. The van der Waals surface area contributed by atoms with Crippen LogP contribution in [0.1, 0.15) is 45.8 Å². The van der Waals surface area contributed by atoms with Crippen LogP contribution in [0.3, 0.4) is 0 Å². The molecule has 30 heavy (non-hydrogen) atoms. The standard InChI is InChI=1S/C21H30N4O4S/c1-7-29-20(26)18-13(2)24-19(30-18)14(3)25-21(22-4)23-11-10-15-8-9-16(27-5)17(12-15)28-6/h8-9,12,14H,7,10-11H2,1-6H3,(H2,22,23,25). The number of aromatic nitrogens is 1. The molecule has 1 aromatic carbocycles. The second kappa shape index (κ2) is 11.4. The van der Waals surface area contributed by atoms with Crippen LogP contribution in [0, 0.1) is 6.92 Å². The number of esters is 1. The van der Waals surface area contributed by atoms with Gasteiger partial charge in [0.2, 0.25) is 0 Å². The summed E-state index contributed by atoms with van der Waals surface area (Å²) in [4.78, 5) is 21.3. The van der Waals surface area contributed by atoms with Gasteiger partial charge in [-0.15, -0.1) is 11.3 Å². The minimum atomic E-state index is -0.330. The van der Waals surface area contributed by atoms with E-state index in [0.717, 1.165) is 17.0 Å². The first kappa shape index (κ1) is 23.5. The first-order chi connectivity index (χ1) is 14.4. The molecule has 1 aromatic heterocycles. The molecule has 0 saturated heterocycles. The summed E-state index contributed by atoms with van der Waals surface area (Å²) in [5.74, 6) is 1.75. The monoisotopic (exact) mass is 434 g/mol. The number of hydrogen-bond acceptors (Lipinski definition) is 7. The molecule has 0 bridgehead atoms. The number of ether oxygens (including phenoxy) is 3. The number of rotatable bonds is 9. The molecule has 2 aromatic rings. The summed E-state index contributed by atoms with van der Waals surface area (Å²) in [6.07, 6.45) is 0.790. The maximum absolute atomic E-state index is 12.0. The lowest BCUT2D eigenvalue weighted by atomic mass is 10.1. The van der Waals surface area contributed by atoms with Crippen molar-refractivity contribution in [2.45, 2.75) is 33.2 Å². The van der Waals surface area contributed by atoms with E-state index in [2.05, 4.69) is 20.6 Å².